The maximum atomic E-state index is 12.5. The lowest BCUT2D eigenvalue weighted by atomic mass is 10.1. The highest BCUT2D eigenvalue weighted by molar-refractivity contribution is 8.18. The second kappa shape index (κ2) is 6.94. The Kier molecular flexibility index (Phi) is 4.72. The van der Waals surface area contributed by atoms with Crippen molar-refractivity contribution >= 4 is 35.0 Å². The SMILES string of the molecule is Cc1ccc(CN2C(=O)S/C(=C/c3ccccc3C(=O)O)C2=O)cc1. The van der Waals surface area contributed by atoms with Gasteiger partial charge in [0.05, 0.1) is 17.0 Å². The number of hydrogen-bond acceptors (Lipinski definition) is 4. The van der Waals surface area contributed by atoms with Crippen LogP contribution in [0.5, 0.6) is 0 Å². The lowest BCUT2D eigenvalue weighted by Crippen LogP contribution is -2.27. The predicted octanol–water partition coefficient (Wildman–Crippen LogP) is 3.93. The number of carbonyl (C=O) groups is 3. The maximum absolute atomic E-state index is 12.5. The first-order valence-electron chi connectivity index (χ1n) is 7.59. The third-order valence-electron chi connectivity index (χ3n) is 3.81. The van der Waals surface area contributed by atoms with Gasteiger partial charge in [0.2, 0.25) is 0 Å². The Morgan fingerprint density at radius 1 is 1.12 bits per heavy atom. The third kappa shape index (κ3) is 3.64. The van der Waals surface area contributed by atoms with Crippen LogP contribution in [0.15, 0.2) is 53.4 Å². The molecular weight excluding hydrogens is 338 g/mol. The molecule has 0 saturated carbocycles. The number of carbonyl (C=O) groups excluding carboxylic acids is 2. The van der Waals surface area contributed by atoms with Gasteiger partial charge >= 0.3 is 5.97 Å². The van der Waals surface area contributed by atoms with Crippen molar-refractivity contribution in [3.63, 3.8) is 0 Å². The van der Waals surface area contributed by atoms with Gasteiger partial charge in [0.25, 0.3) is 11.1 Å². The largest absolute Gasteiger partial charge is 0.478 e. The van der Waals surface area contributed by atoms with Gasteiger partial charge in [-0.1, -0.05) is 48.0 Å². The minimum Gasteiger partial charge on any atom is -0.478 e. The third-order valence-corrected chi connectivity index (χ3v) is 4.72. The van der Waals surface area contributed by atoms with Crippen LogP contribution in [-0.2, 0) is 11.3 Å². The van der Waals surface area contributed by atoms with Crippen LogP contribution in [0.1, 0.15) is 27.0 Å². The molecule has 0 atom stereocenters. The van der Waals surface area contributed by atoms with Crippen molar-refractivity contribution in [2.24, 2.45) is 0 Å². The predicted molar refractivity (Wildman–Crippen MR) is 96.1 cm³/mol. The van der Waals surface area contributed by atoms with E-state index in [0.29, 0.717) is 5.56 Å². The van der Waals surface area contributed by atoms with Gasteiger partial charge in [-0.15, -0.1) is 0 Å². The second-order valence-electron chi connectivity index (χ2n) is 5.65. The van der Waals surface area contributed by atoms with E-state index in [9.17, 15) is 19.5 Å². The van der Waals surface area contributed by atoms with Crippen LogP contribution in [0.3, 0.4) is 0 Å². The fourth-order valence-corrected chi connectivity index (χ4v) is 3.30. The fourth-order valence-electron chi connectivity index (χ4n) is 2.47. The molecule has 5 nitrogen and oxygen atoms in total. The Morgan fingerprint density at radius 3 is 2.48 bits per heavy atom. The van der Waals surface area contributed by atoms with E-state index in [2.05, 4.69) is 0 Å². The monoisotopic (exact) mass is 353 g/mol. The van der Waals surface area contributed by atoms with Crippen LogP contribution < -0.4 is 0 Å². The number of carboxylic acid groups (broad SMARTS) is 1. The summed E-state index contributed by atoms with van der Waals surface area (Å²) in [4.78, 5) is 37.4. The molecule has 0 unspecified atom stereocenters. The number of aromatic carboxylic acids is 1. The van der Waals surface area contributed by atoms with Crippen LogP contribution >= 0.6 is 11.8 Å². The zero-order chi connectivity index (χ0) is 18.0. The molecule has 2 aromatic carbocycles. The Morgan fingerprint density at radius 2 is 1.80 bits per heavy atom. The normalized spacial score (nSPS) is 15.9. The standard InChI is InChI=1S/C19H15NO4S/c1-12-6-8-13(9-7-12)11-20-17(21)16(25-19(20)24)10-14-4-2-3-5-15(14)18(22)23/h2-10H,11H2,1H3,(H,22,23)/b16-10+. The molecule has 1 heterocycles. The van der Waals surface area contributed by atoms with Gasteiger partial charge in [0.15, 0.2) is 0 Å². The molecule has 0 spiro atoms. The van der Waals surface area contributed by atoms with Crippen LogP contribution in [0.25, 0.3) is 6.08 Å². The average Bonchev–Trinajstić information content (AvgIpc) is 2.84. The van der Waals surface area contributed by atoms with Crippen LogP contribution in [0, 0.1) is 6.92 Å². The molecular formula is C19H15NO4S. The van der Waals surface area contributed by atoms with Gasteiger partial charge in [0.1, 0.15) is 0 Å². The Labute approximate surface area is 149 Å². The highest BCUT2D eigenvalue weighted by atomic mass is 32.2. The van der Waals surface area contributed by atoms with E-state index in [0.717, 1.165) is 22.9 Å². The molecule has 2 aromatic rings. The average molecular weight is 353 g/mol. The number of amides is 2. The minimum atomic E-state index is -1.08. The summed E-state index contributed by atoms with van der Waals surface area (Å²) in [6.07, 6.45) is 1.46. The van der Waals surface area contributed by atoms with Crippen molar-refractivity contribution in [3.8, 4) is 0 Å². The number of aryl methyl sites for hydroxylation is 1. The number of nitrogens with zero attached hydrogens (tertiary/aromatic N) is 1. The summed E-state index contributed by atoms with van der Waals surface area (Å²) in [6, 6.07) is 14.0. The molecule has 1 fully saturated rings. The molecule has 6 heteroatoms. The molecule has 0 radical (unpaired) electrons. The molecule has 1 aliphatic heterocycles. The highest BCUT2D eigenvalue weighted by Crippen LogP contribution is 2.33. The van der Waals surface area contributed by atoms with E-state index in [1.165, 1.54) is 17.0 Å². The molecule has 2 amide bonds. The maximum Gasteiger partial charge on any atom is 0.336 e. The van der Waals surface area contributed by atoms with E-state index in [-0.39, 0.29) is 22.3 Å². The summed E-state index contributed by atoms with van der Waals surface area (Å²) >= 11 is 0.825. The first-order valence-corrected chi connectivity index (χ1v) is 8.40. The highest BCUT2D eigenvalue weighted by Gasteiger charge is 2.35. The van der Waals surface area contributed by atoms with Crippen LogP contribution in [0.2, 0.25) is 0 Å². The zero-order valence-corrected chi connectivity index (χ0v) is 14.2. The van der Waals surface area contributed by atoms with Gasteiger partial charge < -0.3 is 5.11 Å². The molecule has 1 aliphatic rings. The van der Waals surface area contributed by atoms with E-state index in [4.69, 9.17) is 0 Å². The quantitative estimate of drug-likeness (QED) is 0.843. The van der Waals surface area contributed by atoms with E-state index >= 15 is 0 Å². The van der Waals surface area contributed by atoms with Crippen molar-refractivity contribution in [1.82, 2.24) is 4.90 Å². The topological polar surface area (TPSA) is 74.7 Å². The minimum absolute atomic E-state index is 0.0906. The lowest BCUT2D eigenvalue weighted by molar-refractivity contribution is -0.123. The summed E-state index contributed by atoms with van der Waals surface area (Å²) in [6.45, 7) is 2.16. The van der Waals surface area contributed by atoms with Gasteiger partial charge in [-0.25, -0.2) is 4.79 Å². The van der Waals surface area contributed by atoms with Gasteiger partial charge in [0, 0.05) is 0 Å². The number of imide groups is 1. The summed E-state index contributed by atoms with van der Waals surface area (Å²) in [5, 5.41) is 8.87. The summed E-state index contributed by atoms with van der Waals surface area (Å²) in [7, 11) is 0. The van der Waals surface area contributed by atoms with Gasteiger partial charge in [-0.2, -0.15) is 0 Å². The molecule has 3 rings (SSSR count). The molecule has 0 aliphatic carbocycles. The summed E-state index contributed by atoms with van der Waals surface area (Å²) < 4.78 is 0. The fraction of sp³-hybridized carbons (Fsp3) is 0.105. The molecule has 1 saturated heterocycles. The number of benzene rings is 2. The number of hydrogen-bond donors (Lipinski definition) is 1. The molecule has 25 heavy (non-hydrogen) atoms. The first kappa shape index (κ1) is 17.0. The first-order chi connectivity index (χ1) is 12.0. The van der Waals surface area contributed by atoms with Gasteiger partial charge in [-0.3, -0.25) is 14.5 Å². The number of rotatable bonds is 4. The summed E-state index contributed by atoms with van der Waals surface area (Å²) in [5.41, 5.74) is 2.45. The smallest absolute Gasteiger partial charge is 0.336 e. The Bertz CT molecular complexity index is 887. The molecule has 1 N–H and O–H groups in total. The van der Waals surface area contributed by atoms with Crippen LogP contribution in [0.4, 0.5) is 4.79 Å². The van der Waals surface area contributed by atoms with Crippen LogP contribution in [-0.4, -0.2) is 27.1 Å². The Hall–Kier alpha value is -2.86. The number of thioether (sulfide) groups is 1. The van der Waals surface area contributed by atoms with Crippen molar-refractivity contribution in [3.05, 3.63) is 75.7 Å². The second-order valence-corrected chi connectivity index (χ2v) is 6.64. The molecule has 0 aromatic heterocycles. The van der Waals surface area contributed by atoms with Gasteiger partial charge in [-0.05, 0) is 42.0 Å². The summed E-state index contributed by atoms with van der Waals surface area (Å²) in [5.74, 6) is -1.48. The van der Waals surface area contributed by atoms with E-state index in [1.807, 2.05) is 31.2 Å². The zero-order valence-electron chi connectivity index (χ0n) is 13.4. The van der Waals surface area contributed by atoms with E-state index < -0.39 is 11.9 Å². The van der Waals surface area contributed by atoms with Crippen molar-refractivity contribution in [1.29, 1.82) is 0 Å². The van der Waals surface area contributed by atoms with Crippen molar-refractivity contribution in [2.45, 2.75) is 13.5 Å². The number of carboxylic acids is 1. The lowest BCUT2D eigenvalue weighted by Gasteiger charge is -2.12. The van der Waals surface area contributed by atoms with Crippen molar-refractivity contribution < 1.29 is 19.5 Å². The van der Waals surface area contributed by atoms with E-state index in [1.54, 1.807) is 18.2 Å². The molecule has 126 valence electrons. The van der Waals surface area contributed by atoms with Crippen molar-refractivity contribution in [2.75, 3.05) is 0 Å². The Balaban J connectivity index is 1.86. The molecule has 0 bridgehead atoms.